The van der Waals surface area contributed by atoms with Gasteiger partial charge in [0.05, 0.1) is 6.04 Å². The van der Waals surface area contributed by atoms with Gasteiger partial charge in [-0.2, -0.15) is 0 Å². The summed E-state index contributed by atoms with van der Waals surface area (Å²) in [4.78, 5) is 22.6. The summed E-state index contributed by atoms with van der Waals surface area (Å²) in [6.07, 6.45) is 5.49. The Bertz CT molecular complexity index is 295. The summed E-state index contributed by atoms with van der Waals surface area (Å²) in [7, 11) is 0. The molecule has 0 radical (unpaired) electrons. The number of amides is 2. The first-order chi connectivity index (χ1) is 7.97. The molecule has 1 atom stereocenters. The highest BCUT2D eigenvalue weighted by Crippen LogP contribution is 1.89. The van der Waals surface area contributed by atoms with E-state index in [0.29, 0.717) is 12.5 Å². The Morgan fingerprint density at radius 2 is 2.00 bits per heavy atom. The second-order valence-electron chi connectivity index (χ2n) is 4.25. The molecule has 0 saturated heterocycles. The van der Waals surface area contributed by atoms with Gasteiger partial charge in [-0.05, 0) is 5.92 Å². The molecule has 17 heavy (non-hydrogen) atoms. The van der Waals surface area contributed by atoms with Crippen LogP contribution in [0, 0.1) is 18.3 Å². The monoisotopic (exact) mass is 239 g/mol. The molecule has 0 rings (SSSR count). The molecule has 1 unspecified atom stereocenters. The Labute approximate surface area is 103 Å². The van der Waals surface area contributed by atoms with Gasteiger partial charge >= 0.3 is 0 Å². The topological polar surface area (TPSA) is 84.2 Å². The molecule has 0 aliphatic heterocycles. The fourth-order valence-electron chi connectivity index (χ4n) is 1.06. The third kappa shape index (κ3) is 8.29. The summed E-state index contributed by atoms with van der Waals surface area (Å²) < 4.78 is 0. The number of hydrogen-bond acceptors (Lipinski definition) is 3. The minimum absolute atomic E-state index is 0.0791. The molecule has 0 bridgehead atoms. The van der Waals surface area contributed by atoms with E-state index in [1.54, 1.807) is 0 Å². The molecule has 0 aromatic heterocycles. The average molecular weight is 239 g/mol. The van der Waals surface area contributed by atoms with Gasteiger partial charge in [-0.15, -0.1) is 12.3 Å². The van der Waals surface area contributed by atoms with Crippen molar-refractivity contribution in [3.8, 4) is 12.3 Å². The highest BCUT2D eigenvalue weighted by molar-refractivity contribution is 5.82. The van der Waals surface area contributed by atoms with Crippen LogP contribution < -0.4 is 16.4 Å². The van der Waals surface area contributed by atoms with E-state index in [4.69, 9.17) is 12.2 Å². The van der Waals surface area contributed by atoms with E-state index < -0.39 is 6.04 Å². The van der Waals surface area contributed by atoms with Gasteiger partial charge in [-0.1, -0.05) is 13.8 Å². The fraction of sp³-hybridized carbons (Fsp3) is 0.667. The van der Waals surface area contributed by atoms with E-state index in [-0.39, 0.29) is 31.2 Å². The van der Waals surface area contributed by atoms with Crippen LogP contribution in [0.4, 0.5) is 0 Å². The number of carbonyl (C=O) groups excluding carboxylic acids is 2. The second-order valence-corrected chi connectivity index (χ2v) is 4.25. The van der Waals surface area contributed by atoms with Gasteiger partial charge in [0, 0.05) is 25.9 Å². The molecule has 0 aliphatic carbocycles. The molecule has 0 aromatic carbocycles. The van der Waals surface area contributed by atoms with E-state index in [0.717, 1.165) is 0 Å². The third-order valence-corrected chi connectivity index (χ3v) is 2.03. The van der Waals surface area contributed by atoms with Crippen molar-refractivity contribution >= 4 is 11.8 Å². The highest BCUT2D eigenvalue weighted by Gasteiger charge is 2.11. The van der Waals surface area contributed by atoms with Gasteiger partial charge in [0.1, 0.15) is 0 Å². The van der Waals surface area contributed by atoms with Crippen molar-refractivity contribution in [2.45, 2.75) is 32.7 Å². The smallest absolute Gasteiger partial charge is 0.237 e. The first kappa shape index (κ1) is 15.5. The van der Waals surface area contributed by atoms with E-state index >= 15 is 0 Å². The number of rotatable bonds is 7. The van der Waals surface area contributed by atoms with Gasteiger partial charge < -0.3 is 16.4 Å². The predicted octanol–water partition coefficient (Wildman–Crippen LogP) is -0.385. The van der Waals surface area contributed by atoms with Gasteiger partial charge in [0.2, 0.25) is 11.8 Å². The zero-order chi connectivity index (χ0) is 13.3. The number of carbonyl (C=O) groups is 2. The second kappa shape index (κ2) is 8.59. The zero-order valence-corrected chi connectivity index (χ0v) is 10.5. The SMILES string of the molecule is C#CCC(N)C(=O)NCCC(=O)NCC(C)C. The first-order valence-electron chi connectivity index (χ1n) is 5.70. The quantitative estimate of drug-likeness (QED) is 0.529. The van der Waals surface area contributed by atoms with E-state index in [2.05, 4.69) is 16.6 Å². The van der Waals surface area contributed by atoms with Crippen LogP contribution in [-0.4, -0.2) is 30.9 Å². The number of terminal acetylenes is 1. The van der Waals surface area contributed by atoms with Crippen molar-refractivity contribution in [2.24, 2.45) is 11.7 Å². The summed E-state index contributed by atoms with van der Waals surface area (Å²) in [5, 5.41) is 5.32. The molecule has 2 amide bonds. The minimum Gasteiger partial charge on any atom is -0.356 e. The normalized spacial score (nSPS) is 11.7. The molecule has 5 heteroatoms. The van der Waals surface area contributed by atoms with Crippen LogP contribution in [0.15, 0.2) is 0 Å². The first-order valence-corrected chi connectivity index (χ1v) is 5.70. The molecule has 0 saturated carbocycles. The lowest BCUT2D eigenvalue weighted by Gasteiger charge is -2.10. The lowest BCUT2D eigenvalue weighted by atomic mass is 10.2. The highest BCUT2D eigenvalue weighted by atomic mass is 16.2. The van der Waals surface area contributed by atoms with Gasteiger partial charge in [0.25, 0.3) is 0 Å². The standard InChI is InChI=1S/C12H21N3O2/c1-4-5-10(13)12(17)14-7-6-11(16)15-8-9(2)3/h1,9-10H,5-8,13H2,2-3H3,(H,14,17)(H,15,16). The molecule has 4 N–H and O–H groups in total. The maximum Gasteiger partial charge on any atom is 0.237 e. The Morgan fingerprint density at radius 1 is 1.35 bits per heavy atom. The van der Waals surface area contributed by atoms with Crippen molar-refractivity contribution in [3.05, 3.63) is 0 Å². The lowest BCUT2D eigenvalue weighted by Crippen LogP contribution is -2.41. The van der Waals surface area contributed by atoms with E-state index in [1.165, 1.54) is 0 Å². The van der Waals surface area contributed by atoms with Crippen molar-refractivity contribution in [1.29, 1.82) is 0 Å². The Morgan fingerprint density at radius 3 is 2.53 bits per heavy atom. The maximum atomic E-state index is 11.3. The minimum atomic E-state index is -0.696. The molecule has 0 fully saturated rings. The van der Waals surface area contributed by atoms with Crippen molar-refractivity contribution in [3.63, 3.8) is 0 Å². The van der Waals surface area contributed by atoms with Crippen molar-refractivity contribution in [1.82, 2.24) is 10.6 Å². The van der Waals surface area contributed by atoms with Gasteiger partial charge in [-0.3, -0.25) is 9.59 Å². The third-order valence-electron chi connectivity index (χ3n) is 2.03. The van der Waals surface area contributed by atoms with Crippen molar-refractivity contribution in [2.75, 3.05) is 13.1 Å². The Kier molecular flexibility index (Phi) is 7.82. The van der Waals surface area contributed by atoms with Gasteiger partial charge in [0.15, 0.2) is 0 Å². The van der Waals surface area contributed by atoms with E-state index in [1.807, 2.05) is 13.8 Å². The summed E-state index contributed by atoms with van der Waals surface area (Å²) in [6.45, 7) is 4.95. The molecule has 0 heterocycles. The van der Waals surface area contributed by atoms with Crippen LogP contribution in [0.5, 0.6) is 0 Å². The van der Waals surface area contributed by atoms with Crippen LogP contribution >= 0.6 is 0 Å². The van der Waals surface area contributed by atoms with Crippen LogP contribution in [0.1, 0.15) is 26.7 Å². The fourth-order valence-corrected chi connectivity index (χ4v) is 1.06. The van der Waals surface area contributed by atoms with Crippen LogP contribution in [0.2, 0.25) is 0 Å². The molecular formula is C12H21N3O2. The molecule has 0 spiro atoms. The summed E-state index contributed by atoms with van der Waals surface area (Å²) in [5.74, 6) is 2.33. The van der Waals surface area contributed by atoms with E-state index in [9.17, 15) is 9.59 Å². The maximum absolute atomic E-state index is 11.3. The molecule has 0 aliphatic rings. The largest absolute Gasteiger partial charge is 0.356 e. The predicted molar refractivity (Wildman–Crippen MR) is 66.9 cm³/mol. The molecule has 0 aromatic rings. The molecule has 5 nitrogen and oxygen atoms in total. The van der Waals surface area contributed by atoms with Crippen LogP contribution in [-0.2, 0) is 9.59 Å². The summed E-state index contributed by atoms with van der Waals surface area (Å²) >= 11 is 0. The number of hydrogen-bond donors (Lipinski definition) is 3. The molecular weight excluding hydrogens is 218 g/mol. The summed E-state index contributed by atoms with van der Waals surface area (Å²) in [6, 6.07) is -0.696. The average Bonchev–Trinajstić information content (AvgIpc) is 2.26. The lowest BCUT2D eigenvalue weighted by molar-refractivity contribution is -0.123. The van der Waals surface area contributed by atoms with Crippen LogP contribution in [0.25, 0.3) is 0 Å². The van der Waals surface area contributed by atoms with Crippen LogP contribution in [0.3, 0.4) is 0 Å². The Balaban J connectivity index is 3.66. The zero-order valence-electron chi connectivity index (χ0n) is 10.5. The summed E-state index contributed by atoms with van der Waals surface area (Å²) in [5.41, 5.74) is 5.49. The van der Waals surface area contributed by atoms with Gasteiger partial charge in [-0.25, -0.2) is 0 Å². The number of nitrogens with two attached hydrogens (primary N) is 1. The molecule has 96 valence electrons. The Hall–Kier alpha value is -1.54. The van der Waals surface area contributed by atoms with Crippen molar-refractivity contribution < 1.29 is 9.59 Å². The number of nitrogens with one attached hydrogen (secondary N) is 2.